The van der Waals surface area contributed by atoms with Crippen molar-refractivity contribution in [1.82, 2.24) is 9.97 Å². The van der Waals surface area contributed by atoms with E-state index in [1.165, 1.54) is 19.2 Å². The van der Waals surface area contributed by atoms with Gasteiger partial charge in [-0.2, -0.15) is 0 Å². The SMILES string of the molecule is CC1(C)CCC(Oc2cc(NN)ncn2)CC1. The monoisotopic (exact) mass is 236 g/mol. The van der Waals surface area contributed by atoms with E-state index in [1.807, 2.05) is 0 Å². The Morgan fingerprint density at radius 3 is 2.71 bits per heavy atom. The van der Waals surface area contributed by atoms with Crippen molar-refractivity contribution in [2.45, 2.75) is 45.6 Å². The summed E-state index contributed by atoms with van der Waals surface area (Å²) >= 11 is 0. The molecular formula is C12H20N4O. The molecule has 17 heavy (non-hydrogen) atoms. The lowest BCUT2D eigenvalue weighted by atomic mass is 9.76. The van der Waals surface area contributed by atoms with E-state index in [9.17, 15) is 0 Å². The smallest absolute Gasteiger partial charge is 0.218 e. The van der Waals surface area contributed by atoms with Gasteiger partial charge in [-0.05, 0) is 31.1 Å². The third-order valence-corrected chi connectivity index (χ3v) is 3.36. The maximum Gasteiger partial charge on any atom is 0.218 e. The van der Waals surface area contributed by atoms with Crippen molar-refractivity contribution in [1.29, 1.82) is 0 Å². The van der Waals surface area contributed by atoms with Crippen LogP contribution in [0.3, 0.4) is 0 Å². The maximum absolute atomic E-state index is 5.84. The van der Waals surface area contributed by atoms with E-state index >= 15 is 0 Å². The number of hydrogen-bond acceptors (Lipinski definition) is 5. The normalized spacial score (nSPS) is 19.9. The van der Waals surface area contributed by atoms with Crippen LogP contribution in [0.1, 0.15) is 39.5 Å². The van der Waals surface area contributed by atoms with Gasteiger partial charge in [0.15, 0.2) is 0 Å². The third-order valence-electron chi connectivity index (χ3n) is 3.36. The van der Waals surface area contributed by atoms with Gasteiger partial charge in [0.25, 0.3) is 0 Å². The molecule has 1 saturated carbocycles. The van der Waals surface area contributed by atoms with Crippen molar-refractivity contribution >= 4 is 5.82 Å². The second-order valence-electron chi connectivity index (χ2n) is 5.37. The molecule has 0 spiro atoms. The number of nitrogens with two attached hydrogens (primary N) is 1. The van der Waals surface area contributed by atoms with Gasteiger partial charge in [0.2, 0.25) is 5.88 Å². The zero-order valence-corrected chi connectivity index (χ0v) is 10.4. The molecule has 94 valence electrons. The van der Waals surface area contributed by atoms with Crippen LogP contribution in [0.15, 0.2) is 12.4 Å². The second kappa shape index (κ2) is 4.87. The molecule has 0 radical (unpaired) electrons. The predicted octanol–water partition coefficient (Wildman–Crippen LogP) is 2.11. The Bertz CT molecular complexity index is 371. The summed E-state index contributed by atoms with van der Waals surface area (Å²) in [6, 6.07) is 1.72. The molecule has 5 heteroatoms. The number of anilines is 1. The van der Waals surface area contributed by atoms with Gasteiger partial charge < -0.3 is 10.2 Å². The van der Waals surface area contributed by atoms with Crippen molar-refractivity contribution in [2.75, 3.05) is 5.43 Å². The lowest BCUT2D eigenvalue weighted by Crippen LogP contribution is -2.28. The number of aromatic nitrogens is 2. The minimum Gasteiger partial charge on any atom is -0.474 e. The van der Waals surface area contributed by atoms with E-state index in [4.69, 9.17) is 10.6 Å². The predicted molar refractivity (Wildman–Crippen MR) is 66.5 cm³/mol. The van der Waals surface area contributed by atoms with E-state index in [1.54, 1.807) is 6.07 Å². The van der Waals surface area contributed by atoms with Gasteiger partial charge in [-0.25, -0.2) is 15.8 Å². The highest BCUT2D eigenvalue weighted by molar-refractivity contribution is 5.35. The molecule has 3 N–H and O–H groups in total. The fourth-order valence-corrected chi connectivity index (χ4v) is 2.14. The molecule has 1 fully saturated rings. The summed E-state index contributed by atoms with van der Waals surface area (Å²) in [6.07, 6.45) is 6.29. The van der Waals surface area contributed by atoms with Gasteiger partial charge in [-0.3, -0.25) is 0 Å². The van der Waals surface area contributed by atoms with Gasteiger partial charge in [0.1, 0.15) is 18.2 Å². The highest BCUT2D eigenvalue weighted by atomic mass is 16.5. The quantitative estimate of drug-likeness (QED) is 0.621. The van der Waals surface area contributed by atoms with E-state index < -0.39 is 0 Å². The first-order valence-electron chi connectivity index (χ1n) is 6.04. The molecule has 0 amide bonds. The number of hydrogen-bond donors (Lipinski definition) is 2. The van der Waals surface area contributed by atoms with Crippen LogP contribution in [0.5, 0.6) is 5.88 Å². The zero-order valence-electron chi connectivity index (χ0n) is 10.4. The number of nitrogens with zero attached hydrogens (tertiary/aromatic N) is 2. The Morgan fingerprint density at radius 1 is 1.35 bits per heavy atom. The first-order valence-corrected chi connectivity index (χ1v) is 6.04. The van der Waals surface area contributed by atoms with Gasteiger partial charge in [-0.15, -0.1) is 0 Å². The topological polar surface area (TPSA) is 73.1 Å². The van der Waals surface area contributed by atoms with Gasteiger partial charge in [0, 0.05) is 6.07 Å². The number of hydrazine groups is 1. The van der Waals surface area contributed by atoms with Gasteiger partial charge >= 0.3 is 0 Å². The molecule has 0 saturated heterocycles. The van der Waals surface area contributed by atoms with Gasteiger partial charge in [-0.1, -0.05) is 13.8 Å². The summed E-state index contributed by atoms with van der Waals surface area (Å²) in [5.74, 6) is 6.46. The van der Waals surface area contributed by atoms with Crippen LogP contribution < -0.4 is 16.0 Å². The zero-order chi connectivity index (χ0) is 12.3. The van der Waals surface area contributed by atoms with Crippen molar-refractivity contribution < 1.29 is 4.74 Å². The van der Waals surface area contributed by atoms with Gasteiger partial charge in [0.05, 0.1) is 0 Å². The Hall–Kier alpha value is -1.36. The van der Waals surface area contributed by atoms with E-state index in [2.05, 4.69) is 29.2 Å². The molecule has 0 bridgehead atoms. The average Bonchev–Trinajstić information content (AvgIpc) is 2.32. The van der Waals surface area contributed by atoms with Crippen LogP contribution in [-0.2, 0) is 0 Å². The lowest BCUT2D eigenvalue weighted by Gasteiger charge is -2.34. The molecule has 1 aliphatic carbocycles. The largest absolute Gasteiger partial charge is 0.474 e. The summed E-state index contributed by atoms with van der Waals surface area (Å²) in [7, 11) is 0. The van der Waals surface area contributed by atoms with Crippen molar-refractivity contribution in [3.63, 3.8) is 0 Å². The average molecular weight is 236 g/mol. The third kappa shape index (κ3) is 3.30. The van der Waals surface area contributed by atoms with Crippen LogP contribution in [0.2, 0.25) is 0 Å². The number of rotatable bonds is 3. The Balaban J connectivity index is 1.93. The fourth-order valence-electron chi connectivity index (χ4n) is 2.14. The molecule has 5 nitrogen and oxygen atoms in total. The molecular weight excluding hydrogens is 216 g/mol. The Labute approximate surface area is 102 Å². The van der Waals surface area contributed by atoms with Crippen LogP contribution in [0.4, 0.5) is 5.82 Å². The number of nitrogen functional groups attached to an aromatic ring is 1. The molecule has 1 aliphatic rings. The number of ether oxygens (including phenoxy) is 1. The summed E-state index contributed by atoms with van der Waals surface area (Å²) < 4.78 is 5.84. The first kappa shape index (κ1) is 12.1. The molecule has 2 rings (SSSR count). The molecule has 0 unspecified atom stereocenters. The van der Waals surface area contributed by atoms with E-state index in [0.29, 0.717) is 17.1 Å². The highest BCUT2D eigenvalue weighted by Gasteiger charge is 2.27. The summed E-state index contributed by atoms with van der Waals surface area (Å²) in [5, 5.41) is 0. The van der Waals surface area contributed by atoms with Crippen LogP contribution >= 0.6 is 0 Å². The second-order valence-corrected chi connectivity index (χ2v) is 5.37. The van der Waals surface area contributed by atoms with Crippen LogP contribution in [-0.4, -0.2) is 16.1 Å². The fraction of sp³-hybridized carbons (Fsp3) is 0.667. The molecule has 0 aromatic carbocycles. The molecule has 0 atom stereocenters. The molecule has 1 heterocycles. The van der Waals surface area contributed by atoms with Crippen molar-refractivity contribution in [3.8, 4) is 5.88 Å². The summed E-state index contributed by atoms with van der Waals surface area (Å²) in [5.41, 5.74) is 2.94. The summed E-state index contributed by atoms with van der Waals surface area (Å²) in [4.78, 5) is 8.04. The number of nitrogens with one attached hydrogen (secondary N) is 1. The molecule has 0 aliphatic heterocycles. The minimum atomic E-state index is 0.267. The van der Waals surface area contributed by atoms with Crippen molar-refractivity contribution in [3.05, 3.63) is 12.4 Å². The summed E-state index contributed by atoms with van der Waals surface area (Å²) in [6.45, 7) is 4.62. The standard InChI is InChI=1S/C12H20N4O/c1-12(2)5-3-9(4-6-12)17-11-7-10(16-13)14-8-15-11/h7-9H,3-6,13H2,1-2H3,(H,14,15,16). The highest BCUT2D eigenvalue weighted by Crippen LogP contribution is 2.36. The Morgan fingerprint density at radius 2 is 2.06 bits per heavy atom. The van der Waals surface area contributed by atoms with Crippen LogP contribution in [0.25, 0.3) is 0 Å². The minimum absolute atomic E-state index is 0.267. The van der Waals surface area contributed by atoms with E-state index in [0.717, 1.165) is 12.8 Å². The molecule has 1 aromatic heterocycles. The van der Waals surface area contributed by atoms with Crippen molar-refractivity contribution in [2.24, 2.45) is 11.3 Å². The lowest BCUT2D eigenvalue weighted by molar-refractivity contribution is 0.0948. The van der Waals surface area contributed by atoms with E-state index in [-0.39, 0.29) is 6.10 Å². The Kier molecular flexibility index (Phi) is 3.47. The van der Waals surface area contributed by atoms with Crippen LogP contribution in [0, 0.1) is 5.41 Å². The first-order chi connectivity index (χ1) is 8.09. The maximum atomic E-state index is 5.84. The molecule has 1 aromatic rings.